The Morgan fingerprint density at radius 3 is 2.64 bits per heavy atom. The van der Waals surface area contributed by atoms with Crippen LogP contribution in [0.15, 0.2) is 24.3 Å². The molecule has 12 heteroatoms. The molecule has 1 aliphatic rings. The van der Waals surface area contributed by atoms with Crippen LogP contribution in [0.1, 0.15) is 36.1 Å². The second-order valence-corrected chi connectivity index (χ2v) is 7.96. The predicted octanol–water partition coefficient (Wildman–Crippen LogP) is 2.37. The molecule has 0 aliphatic carbocycles. The number of benzene rings is 1. The molecule has 12 nitrogen and oxygen atoms in total. The number of nitrogen functional groups attached to an aromatic ring is 1. The maximum Gasteiger partial charge on any atom is 0.330 e. The number of allylic oxidation sites excluding steroid dienone is 1. The van der Waals surface area contributed by atoms with Crippen molar-refractivity contribution in [3.8, 4) is 29.9 Å². The molecule has 36 heavy (non-hydrogen) atoms. The van der Waals surface area contributed by atoms with Crippen LogP contribution < -0.4 is 20.1 Å². The van der Waals surface area contributed by atoms with Crippen LogP contribution in [0.25, 0.3) is 11.6 Å². The van der Waals surface area contributed by atoms with Crippen molar-refractivity contribution in [3.63, 3.8) is 0 Å². The van der Waals surface area contributed by atoms with Gasteiger partial charge in [0.15, 0.2) is 0 Å². The summed E-state index contributed by atoms with van der Waals surface area (Å²) in [6.07, 6.45) is 4.89. The number of methoxy groups -OCH3 is 1. The number of nitrogens with zero attached hydrogens (tertiary/aromatic N) is 8. The molecule has 3 N–H and O–H groups in total. The summed E-state index contributed by atoms with van der Waals surface area (Å²) in [6.45, 7) is 1.61. The van der Waals surface area contributed by atoms with Crippen molar-refractivity contribution < 1.29 is 14.6 Å². The first kappa shape index (κ1) is 24.4. The minimum Gasteiger partial charge on any atom is -0.467 e. The van der Waals surface area contributed by atoms with E-state index < -0.39 is 0 Å². The molecule has 1 fully saturated rings. The lowest BCUT2D eigenvalue weighted by atomic mass is 10.1. The van der Waals surface area contributed by atoms with E-state index in [2.05, 4.69) is 31.0 Å². The Hall–Kier alpha value is -4.68. The fraction of sp³-hybridized carbons (Fsp3) is 0.333. The fourth-order valence-corrected chi connectivity index (χ4v) is 3.83. The van der Waals surface area contributed by atoms with Crippen molar-refractivity contribution in [1.82, 2.24) is 24.7 Å². The van der Waals surface area contributed by atoms with Crippen LogP contribution in [-0.2, 0) is 6.54 Å². The Balaban J connectivity index is 1.63. The zero-order valence-corrected chi connectivity index (χ0v) is 19.8. The number of aromatic nitrogens is 5. The smallest absolute Gasteiger partial charge is 0.330 e. The fourth-order valence-electron chi connectivity index (χ4n) is 3.83. The highest BCUT2D eigenvalue weighted by Gasteiger charge is 2.20. The largest absolute Gasteiger partial charge is 0.467 e. The highest BCUT2D eigenvalue weighted by atomic mass is 16.5. The van der Waals surface area contributed by atoms with Crippen molar-refractivity contribution in [2.45, 2.75) is 25.8 Å². The first-order chi connectivity index (χ1) is 17.6. The van der Waals surface area contributed by atoms with Crippen molar-refractivity contribution >= 4 is 23.4 Å². The number of piperidine rings is 1. The van der Waals surface area contributed by atoms with E-state index in [4.69, 9.17) is 15.2 Å². The molecule has 2 aromatic heterocycles. The number of hydrogen-bond donors (Lipinski definition) is 2. The van der Waals surface area contributed by atoms with E-state index in [0.29, 0.717) is 17.3 Å². The van der Waals surface area contributed by atoms with Crippen molar-refractivity contribution in [2.24, 2.45) is 0 Å². The lowest BCUT2D eigenvalue weighted by Gasteiger charge is -2.26. The number of hydrogen-bond acceptors (Lipinski definition) is 11. The van der Waals surface area contributed by atoms with Gasteiger partial charge in [-0.15, -0.1) is 4.98 Å². The van der Waals surface area contributed by atoms with Gasteiger partial charge in [0.2, 0.25) is 5.95 Å². The molecular weight excluding hydrogens is 462 g/mol. The summed E-state index contributed by atoms with van der Waals surface area (Å²) < 4.78 is 12.5. The summed E-state index contributed by atoms with van der Waals surface area (Å²) in [5.41, 5.74) is 6.95. The van der Waals surface area contributed by atoms with Gasteiger partial charge < -0.3 is 25.2 Å². The van der Waals surface area contributed by atoms with Crippen LogP contribution in [0.2, 0.25) is 0 Å². The van der Waals surface area contributed by atoms with Gasteiger partial charge >= 0.3 is 12.0 Å². The second kappa shape index (κ2) is 11.2. The quantitative estimate of drug-likeness (QED) is 0.447. The first-order valence-electron chi connectivity index (χ1n) is 11.4. The van der Waals surface area contributed by atoms with Crippen molar-refractivity contribution in [2.75, 3.05) is 37.4 Å². The topological polar surface area (TPSA) is 172 Å². The number of anilines is 2. The highest BCUT2D eigenvalue weighted by Crippen LogP contribution is 2.28. The standard InChI is InChI=1S/C24H25N9O3/c1-35-23-28-22(32-8-3-2-4-9-32)29-24(30-23)36-18-7-5-6-16(13-18)12-17(14-25)20-19(15-26)21(27)33(31-20)10-11-34/h5-7,12-13,34H,2-4,8-11,27H2,1H3. The maximum absolute atomic E-state index is 9.76. The van der Waals surface area contributed by atoms with Gasteiger partial charge in [-0.05, 0) is 43.0 Å². The van der Waals surface area contributed by atoms with E-state index in [1.54, 1.807) is 30.3 Å². The summed E-state index contributed by atoms with van der Waals surface area (Å²) in [5, 5.41) is 32.7. The molecule has 0 spiro atoms. The minimum absolute atomic E-state index is 0.0752. The number of aliphatic hydroxyl groups is 1. The average molecular weight is 488 g/mol. The zero-order chi connectivity index (χ0) is 25.5. The Kier molecular flexibility index (Phi) is 7.58. The van der Waals surface area contributed by atoms with Crippen LogP contribution in [0.5, 0.6) is 17.8 Å². The molecule has 0 radical (unpaired) electrons. The maximum atomic E-state index is 9.76. The van der Waals surface area contributed by atoms with Gasteiger partial charge in [0.25, 0.3) is 0 Å². The molecule has 3 heterocycles. The van der Waals surface area contributed by atoms with E-state index in [1.165, 1.54) is 18.2 Å². The molecule has 0 bridgehead atoms. The SMILES string of the molecule is COc1nc(Oc2cccc(C=C(C#N)c3nn(CCO)c(N)c3C#N)c2)nc(N2CCCCC2)n1. The molecule has 0 atom stereocenters. The normalized spacial score (nSPS) is 13.7. The molecule has 4 rings (SSSR count). The van der Waals surface area contributed by atoms with E-state index in [-0.39, 0.29) is 47.8 Å². The molecule has 0 saturated carbocycles. The lowest BCUT2D eigenvalue weighted by molar-refractivity contribution is 0.270. The number of nitrogens with two attached hydrogens (primary N) is 1. The van der Waals surface area contributed by atoms with Crippen molar-refractivity contribution in [3.05, 3.63) is 41.1 Å². The number of rotatable bonds is 8. The summed E-state index contributed by atoms with van der Waals surface area (Å²) >= 11 is 0. The lowest BCUT2D eigenvalue weighted by Crippen LogP contribution is -2.31. The Labute approximate surface area is 207 Å². The summed E-state index contributed by atoms with van der Waals surface area (Å²) in [7, 11) is 1.48. The molecule has 1 aliphatic heterocycles. The molecule has 184 valence electrons. The average Bonchev–Trinajstić information content (AvgIpc) is 3.22. The highest BCUT2D eigenvalue weighted by molar-refractivity contribution is 5.91. The van der Waals surface area contributed by atoms with Crippen LogP contribution in [0.3, 0.4) is 0 Å². The Morgan fingerprint density at radius 1 is 1.17 bits per heavy atom. The Morgan fingerprint density at radius 2 is 1.94 bits per heavy atom. The molecule has 3 aromatic rings. The Bertz CT molecular complexity index is 1350. The van der Waals surface area contributed by atoms with Gasteiger partial charge in [-0.25, -0.2) is 4.68 Å². The third-order valence-corrected chi connectivity index (χ3v) is 5.57. The number of ether oxygens (including phenoxy) is 2. The van der Waals surface area contributed by atoms with Gasteiger partial charge in [-0.1, -0.05) is 12.1 Å². The summed E-state index contributed by atoms with van der Waals surface area (Å²) in [5.74, 6) is 1.03. The van der Waals surface area contributed by atoms with E-state index in [0.717, 1.165) is 25.9 Å². The van der Waals surface area contributed by atoms with E-state index in [1.807, 2.05) is 6.07 Å². The van der Waals surface area contributed by atoms with Crippen LogP contribution in [0.4, 0.5) is 11.8 Å². The number of aliphatic hydroxyl groups excluding tert-OH is 1. The molecular formula is C24H25N9O3. The minimum atomic E-state index is -0.206. The van der Waals surface area contributed by atoms with Gasteiger partial charge in [-0.3, -0.25) is 0 Å². The molecule has 0 unspecified atom stereocenters. The number of nitriles is 2. The second-order valence-electron chi connectivity index (χ2n) is 7.96. The van der Waals surface area contributed by atoms with E-state index in [9.17, 15) is 15.6 Å². The molecule has 1 saturated heterocycles. The van der Waals surface area contributed by atoms with Crippen molar-refractivity contribution in [1.29, 1.82) is 10.5 Å². The van der Waals surface area contributed by atoms with Gasteiger partial charge in [0, 0.05) is 13.1 Å². The molecule has 1 aromatic carbocycles. The van der Waals surface area contributed by atoms with Crippen LogP contribution in [0, 0.1) is 22.7 Å². The van der Waals surface area contributed by atoms with Crippen LogP contribution in [-0.4, -0.2) is 56.6 Å². The van der Waals surface area contributed by atoms with Gasteiger partial charge in [-0.2, -0.15) is 25.6 Å². The summed E-state index contributed by atoms with van der Waals surface area (Å²) in [4.78, 5) is 15.1. The monoisotopic (exact) mass is 487 g/mol. The molecule has 0 amide bonds. The summed E-state index contributed by atoms with van der Waals surface area (Å²) in [6, 6.07) is 11.3. The van der Waals surface area contributed by atoms with E-state index >= 15 is 0 Å². The zero-order valence-electron chi connectivity index (χ0n) is 19.8. The predicted molar refractivity (Wildman–Crippen MR) is 131 cm³/mol. The third kappa shape index (κ3) is 5.35. The van der Waals surface area contributed by atoms with Crippen LogP contribution >= 0.6 is 0 Å². The van der Waals surface area contributed by atoms with Gasteiger partial charge in [0.05, 0.1) is 25.8 Å². The van der Waals surface area contributed by atoms with Gasteiger partial charge in [0.1, 0.15) is 35.0 Å². The first-order valence-corrected chi connectivity index (χ1v) is 11.4. The third-order valence-electron chi connectivity index (χ3n) is 5.57.